The lowest BCUT2D eigenvalue weighted by Gasteiger charge is -2.39. The smallest absolute Gasteiger partial charge is 0.261 e. The van der Waals surface area contributed by atoms with Gasteiger partial charge in [0.2, 0.25) is 0 Å². The van der Waals surface area contributed by atoms with Crippen molar-refractivity contribution in [1.82, 2.24) is 4.90 Å². The van der Waals surface area contributed by atoms with E-state index in [1.54, 1.807) is 31.4 Å². The molecule has 7 nitrogen and oxygen atoms in total. The van der Waals surface area contributed by atoms with Crippen molar-refractivity contribution in [3.05, 3.63) is 42.5 Å². The van der Waals surface area contributed by atoms with E-state index in [9.17, 15) is 8.42 Å². The Labute approximate surface area is 178 Å². The van der Waals surface area contributed by atoms with Crippen molar-refractivity contribution in [2.75, 3.05) is 50.0 Å². The fourth-order valence-electron chi connectivity index (χ4n) is 4.13. The average molecular weight is 432 g/mol. The number of likely N-dealkylation sites (N-methyl/N-ethyl adjacent to an activating group) is 1. The molecule has 2 aromatic rings. The molecule has 0 saturated carbocycles. The summed E-state index contributed by atoms with van der Waals surface area (Å²) in [5.74, 6) is 1.33. The molecule has 162 valence electrons. The van der Waals surface area contributed by atoms with Crippen molar-refractivity contribution in [2.45, 2.75) is 30.2 Å². The first-order valence-electron chi connectivity index (χ1n) is 10.4. The van der Waals surface area contributed by atoms with Gasteiger partial charge in [0.1, 0.15) is 18.1 Å². The summed E-state index contributed by atoms with van der Waals surface area (Å²) >= 11 is 0. The van der Waals surface area contributed by atoms with Crippen molar-refractivity contribution in [3.63, 3.8) is 0 Å². The summed E-state index contributed by atoms with van der Waals surface area (Å²) in [5, 5.41) is 0. The molecular weight excluding hydrogens is 402 g/mol. The zero-order valence-electron chi connectivity index (χ0n) is 17.5. The lowest BCUT2D eigenvalue weighted by atomic mass is 10.0. The second kappa shape index (κ2) is 8.73. The van der Waals surface area contributed by atoms with Crippen LogP contribution in [0.25, 0.3) is 0 Å². The quantitative estimate of drug-likeness (QED) is 0.758. The maximum Gasteiger partial charge on any atom is 0.261 e. The highest BCUT2D eigenvalue weighted by Crippen LogP contribution is 2.35. The van der Waals surface area contributed by atoms with Crippen molar-refractivity contribution in [2.24, 2.45) is 0 Å². The lowest BCUT2D eigenvalue weighted by Crippen LogP contribution is -2.46. The first-order valence-corrected chi connectivity index (χ1v) is 11.8. The summed E-state index contributed by atoms with van der Waals surface area (Å²) in [5.41, 5.74) is 1.51. The van der Waals surface area contributed by atoms with E-state index in [-0.39, 0.29) is 4.90 Å². The van der Waals surface area contributed by atoms with E-state index in [0.717, 1.165) is 31.1 Å². The van der Waals surface area contributed by atoms with Gasteiger partial charge in [-0.25, -0.2) is 8.42 Å². The minimum absolute atomic E-state index is 0.184. The third-order valence-electron chi connectivity index (χ3n) is 5.89. The van der Waals surface area contributed by atoms with E-state index in [2.05, 4.69) is 21.6 Å². The van der Waals surface area contributed by atoms with Crippen molar-refractivity contribution >= 4 is 21.4 Å². The van der Waals surface area contributed by atoms with Gasteiger partial charge in [-0.1, -0.05) is 6.42 Å². The van der Waals surface area contributed by atoms with Gasteiger partial charge in [-0.2, -0.15) is 0 Å². The summed E-state index contributed by atoms with van der Waals surface area (Å²) in [6.45, 7) is 3.55. The number of nitrogens with one attached hydrogen (secondary N) is 1. The Kier molecular flexibility index (Phi) is 6.06. The molecule has 2 aliphatic rings. The predicted octanol–water partition coefficient (Wildman–Crippen LogP) is 3.18. The number of rotatable bonds is 6. The Morgan fingerprint density at radius 2 is 1.93 bits per heavy atom. The number of methoxy groups -OCH3 is 1. The van der Waals surface area contributed by atoms with Crippen LogP contribution in [0.4, 0.5) is 11.4 Å². The number of hydrogen-bond acceptors (Lipinski definition) is 6. The molecule has 30 heavy (non-hydrogen) atoms. The van der Waals surface area contributed by atoms with Gasteiger partial charge in [0, 0.05) is 18.7 Å². The number of sulfonamides is 1. The molecule has 1 saturated heterocycles. The monoisotopic (exact) mass is 431 g/mol. The average Bonchev–Trinajstić information content (AvgIpc) is 2.75. The third kappa shape index (κ3) is 4.49. The molecule has 1 unspecified atom stereocenters. The summed E-state index contributed by atoms with van der Waals surface area (Å²) < 4.78 is 39.0. The lowest BCUT2D eigenvalue weighted by molar-refractivity contribution is 0.184. The third-order valence-corrected chi connectivity index (χ3v) is 7.29. The standard InChI is InChI=1S/C22H29N3O4S/c1-24-12-4-3-5-18(24)16-25-13-14-29-22-15-17(6-11-21(22)25)23-30(26,27)20-9-7-19(28-2)8-10-20/h6-11,15,18,23H,3-5,12-14,16H2,1-2H3. The molecule has 4 rings (SSSR count). The second-order valence-corrected chi connectivity index (χ2v) is 9.57. The molecule has 1 N–H and O–H groups in total. The van der Waals surface area contributed by atoms with E-state index >= 15 is 0 Å². The molecule has 2 heterocycles. The van der Waals surface area contributed by atoms with Crippen LogP contribution in [0.15, 0.2) is 47.4 Å². The van der Waals surface area contributed by atoms with E-state index in [0.29, 0.717) is 24.1 Å². The van der Waals surface area contributed by atoms with Crippen LogP contribution in [-0.4, -0.2) is 59.8 Å². The van der Waals surface area contributed by atoms with Crippen LogP contribution >= 0.6 is 0 Å². The zero-order chi connectivity index (χ0) is 21.1. The van der Waals surface area contributed by atoms with Crippen LogP contribution in [0.5, 0.6) is 11.5 Å². The van der Waals surface area contributed by atoms with Gasteiger partial charge in [0.15, 0.2) is 0 Å². The van der Waals surface area contributed by atoms with E-state index in [1.165, 1.54) is 31.4 Å². The Hall–Kier alpha value is -2.45. The first-order chi connectivity index (χ1) is 14.5. The van der Waals surface area contributed by atoms with Crippen LogP contribution in [-0.2, 0) is 10.0 Å². The number of piperidine rings is 1. The number of nitrogens with zero attached hydrogens (tertiary/aromatic N) is 2. The normalized spacial score (nSPS) is 19.7. The maximum atomic E-state index is 12.7. The van der Waals surface area contributed by atoms with Gasteiger partial charge in [0.25, 0.3) is 10.0 Å². The molecule has 1 atom stereocenters. The number of likely N-dealkylation sites (tertiary alicyclic amines) is 1. The number of ether oxygens (including phenoxy) is 2. The van der Waals surface area contributed by atoms with Gasteiger partial charge in [0.05, 0.1) is 29.9 Å². The van der Waals surface area contributed by atoms with Crippen LogP contribution < -0.4 is 19.1 Å². The minimum Gasteiger partial charge on any atom is -0.497 e. The number of anilines is 2. The van der Waals surface area contributed by atoms with Crippen molar-refractivity contribution in [3.8, 4) is 11.5 Å². The molecule has 0 radical (unpaired) electrons. The van der Waals surface area contributed by atoms with Crippen LogP contribution in [0.1, 0.15) is 19.3 Å². The molecule has 0 bridgehead atoms. The Morgan fingerprint density at radius 3 is 2.67 bits per heavy atom. The molecule has 1 fully saturated rings. The van der Waals surface area contributed by atoms with E-state index in [1.807, 2.05) is 6.07 Å². The molecule has 0 amide bonds. The zero-order valence-corrected chi connectivity index (χ0v) is 18.3. The Bertz CT molecular complexity index is 978. The highest BCUT2D eigenvalue weighted by Gasteiger charge is 2.26. The molecular formula is C22H29N3O4S. The highest BCUT2D eigenvalue weighted by molar-refractivity contribution is 7.92. The molecule has 8 heteroatoms. The van der Waals surface area contributed by atoms with Gasteiger partial charge in [-0.3, -0.25) is 4.72 Å². The van der Waals surface area contributed by atoms with Gasteiger partial charge >= 0.3 is 0 Å². The van der Waals surface area contributed by atoms with E-state index < -0.39 is 10.0 Å². The molecule has 2 aromatic carbocycles. The second-order valence-electron chi connectivity index (χ2n) is 7.89. The van der Waals surface area contributed by atoms with Gasteiger partial charge in [-0.15, -0.1) is 0 Å². The summed E-state index contributed by atoms with van der Waals surface area (Å²) in [6.07, 6.45) is 3.76. The highest BCUT2D eigenvalue weighted by atomic mass is 32.2. The number of benzene rings is 2. The summed E-state index contributed by atoms with van der Waals surface area (Å²) in [4.78, 5) is 4.98. The summed E-state index contributed by atoms with van der Waals surface area (Å²) in [7, 11) is 0.0530. The van der Waals surface area contributed by atoms with Crippen LogP contribution in [0, 0.1) is 0 Å². The minimum atomic E-state index is -3.69. The van der Waals surface area contributed by atoms with Gasteiger partial charge in [-0.05, 0) is 62.8 Å². The molecule has 2 aliphatic heterocycles. The van der Waals surface area contributed by atoms with Crippen molar-refractivity contribution < 1.29 is 17.9 Å². The number of hydrogen-bond donors (Lipinski definition) is 1. The Balaban J connectivity index is 1.50. The summed E-state index contributed by atoms with van der Waals surface area (Å²) in [6, 6.07) is 12.4. The Morgan fingerprint density at radius 1 is 1.13 bits per heavy atom. The largest absolute Gasteiger partial charge is 0.497 e. The van der Waals surface area contributed by atoms with Crippen LogP contribution in [0.2, 0.25) is 0 Å². The first kappa shape index (κ1) is 20.8. The van der Waals surface area contributed by atoms with E-state index in [4.69, 9.17) is 9.47 Å². The van der Waals surface area contributed by atoms with Crippen LogP contribution in [0.3, 0.4) is 0 Å². The fraction of sp³-hybridized carbons (Fsp3) is 0.455. The molecule has 0 aromatic heterocycles. The predicted molar refractivity (Wildman–Crippen MR) is 118 cm³/mol. The van der Waals surface area contributed by atoms with Crippen molar-refractivity contribution in [1.29, 1.82) is 0 Å². The van der Waals surface area contributed by atoms with Gasteiger partial charge < -0.3 is 19.3 Å². The SMILES string of the molecule is COc1ccc(S(=O)(=O)Nc2ccc3c(c2)OCCN3CC2CCCCN2C)cc1. The molecule has 0 spiro atoms. The topological polar surface area (TPSA) is 71.1 Å². The number of fused-ring (bicyclic) bond motifs is 1. The fourth-order valence-corrected chi connectivity index (χ4v) is 5.18. The molecule has 0 aliphatic carbocycles. The maximum absolute atomic E-state index is 12.7.